The summed E-state index contributed by atoms with van der Waals surface area (Å²) in [6.45, 7) is 8.69. The number of aromatic nitrogens is 3. The average molecular weight is 309 g/mol. The molecule has 0 saturated carbocycles. The first kappa shape index (κ1) is 14.8. The third-order valence-corrected chi connectivity index (χ3v) is 5.53. The highest BCUT2D eigenvalue weighted by Crippen LogP contribution is 2.22. The molecule has 0 radical (unpaired) electrons. The van der Waals surface area contributed by atoms with Gasteiger partial charge < -0.3 is 9.47 Å². The van der Waals surface area contributed by atoms with E-state index in [0.29, 0.717) is 23.6 Å². The van der Waals surface area contributed by atoms with Gasteiger partial charge in [0, 0.05) is 43.9 Å². The van der Waals surface area contributed by atoms with E-state index >= 15 is 0 Å². The molecule has 2 aliphatic rings. The van der Waals surface area contributed by atoms with Crippen LogP contribution in [0, 0.1) is 6.92 Å². The predicted molar refractivity (Wildman–Crippen MR) is 83.1 cm³/mol. The zero-order chi connectivity index (χ0) is 15.0. The van der Waals surface area contributed by atoms with Crippen molar-refractivity contribution in [2.45, 2.75) is 44.6 Å². The molecule has 1 aromatic rings. The van der Waals surface area contributed by atoms with Gasteiger partial charge in [0.2, 0.25) is 5.91 Å². The van der Waals surface area contributed by atoms with Gasteiger partial charge in [-0.15, -0.1) is 10.2 Å². The molecular formula is C14H23N5OS. The molecule has 1 amide bonds. The predicted octanol–water partition coefficient (Wildman–Crippen LogP) is 0.755. The average Bonchev–Trinajstić information content (AvgIpc) is 2.78. The highest BCUT2D eigenvalue weighted by atomic mass is 32.2. The van der Waals surface area contributed by atoms with Crippen molar-refractivity contribution < 1.29 is 4.79 Å². The zero-order valence-electron chi connectivity index (χ0n) is 12.9. The quantitative estimate of drug-likeness (QED) is 0.822. The number of carbonyl (C=O) groups is 1. The Bertz CT molecular complexity index is 525. The van der Waals surface area contributed by atoms with Gasteiger partial charge in [-0.3, -0.25) is 9.69 Å². The number of carbonyl (C=O) groups excluding carboxylic acids is 1. The van der Waals surface area contributed by atoms with Crippen LogP contribution >= 0.6 is 11.8 Å². The summed E-state index contributed by atoms with van der Waals surface area (Å²) in [6, 6.07) is 0.490. The number of fused-ring (bicyclic) bond motifs is 1. The van der Waals surface area contributed by atoms with E-state index in [1.807, 2.05) is 11.8 Å². The number of rotatable bonds is 4. The summed E-state index contributed by atoms with van der Waals surface area (Å²) in [5.41, 5.74) is 0. The second kappa shape index (κ2) is 5.96. The summed E-state index contributed by atoms with van der Waals surface area (Å²) < 4.78 is 2.19. The Labute approximate surface area is 129 Å². The molecule has 0 bridgehead atoms. The Morgan fingerprint density at radius 3 is 2.86 bits per heavy atom. The van der Waals surface area contributed by atoms with Crippen molar-refractivity contribution >= 4 is 17.7 Å². The van der Waals surface area contributed by atoms with Gasteiger partial charge in [-0.05, 0) is 13.2 Å². The molecule has 1 unspecified atom stereocenters. The summed E-state index contributed by atoms with van der Waals surface area (Å²) in [5, 5.41) is 8.79. The van der Waals surface area contributed by atoms with Crippen LogP contribution in [-0.4, -0.2) is 67.7 Å². The fourth-order valence-electron chi connectivity index (χ4n) is 2.98. The normalized spacial score (nSPS) is 21.0. The molecule has 7 heteroatoms. The van der Waals surface area contributed by atoms with Crippen molar-refractivity contribution in [3.8, 4) is 0 Å². The van der Waals surface area contributed by atoms with Gasteiger partial charge in [-0.2, -0.15) is 11.8 Å². The van der Waals surface area contributed by atoms with E-state index in [2.05, 4.69) is 32.8 Å². The van der Waals surface area contributed by atoms with E-state index in [4.69, 9.17) is 0 Å². The minimum atomic E-state index is 0.295. The van der Waals surface area contributed by atoms with Gasteiger partial charge >= 0.3 is 0 Å². The van der Waals surface area contributed by atoms with Crippen molar-refractivity contribution in [1.29, 1.82) is 0 Å². The van der Waals surface area contributed by atoms with Crippen molar-refractivity contribution in [3.63, 3.8) is 0 Å². The largest absolute Gasteiger partial charge is 0.339 e. The van der Waals surface area contributed by atoms with E-state index in [1.165, 1.54) is 0 Å². The van der Waals surface area contributed by atoms with Crippen molar-refractivity contribution in [3.05, 3.63) is 11.6 Å². The lowest BCUT2D eigenvalue weighted by Gasteiger charge is -2.46. The smallest absolute Gasteiger partial charge is 0.223 e. The molecule has 116 valence electrons. The lowest BCUT2D eigenvalue weighted by Crippen LogP contribution is -2.62. The van der Waals surface area contributed by atoms with Gasteiger partial charge in [0.1, 0.15) is 11.6 Å². The number of nitrogens with zero attached hydrogens (tertiary/aromatic N) is 5. The molecule has 1 fully saturated rings. The molecule has 0 spiro atoms. The third kappa shape index (κ3) is 2.94. The van der Waals surface area contributed by atoms with Crippen LogP contribution in [-0.2, 0) is 17.9 Å². The summed E-state index contributed by atoms with van der Waals surface area (Å²) in [6.07, 6.45) is 2.71. The number of aryl methyl sites for hydroxylation is 1. The summed E-state index contributed by atoms with van der Waals surface area (Å²) >= 11 is 1.75. The Hall–Kier alpha value is -1.08. The first-order chi connectivity index (χ1) is 10.1. The SMILES string of the molecule is CSC(C)CC(=O)N1CC(N2CCn3c(C)nnc3C2)C1. The second-order valence-electron chi connectivity index (χ2n) is 5.99. The van der Waals surface area contributed by atoms with Gasteiger partial charge in [-0.1, -0.05) is 6.92 Å². The van der Waals surface area contributed by atoms with Gasteiger partial charge in [0.05, 0.1) is 6.54 Å². The molecule has 2 aliphatic heterocycles. The van der Waals surface area contributed by atoms with E-state index in [0.717, 1.165) is 44.4 Å². The standard InChI is InChI=1S/C14H23N5OS/c1-10(21-3)6-14(20)18-7-12(8-18)17-4-5-19-11(2)15-16-13(19)9-17/h10,12H,4-9H2,1-3H3. The summed E-state index contributed by atoms with van der Waals surface area (Å²) in [5.74, 6) is 2.35. The van der Waals surface area contributed by atoms with E-state index in [-0.39, 0.29) is 0 Å². The Morgan fingerprint density at radius 1 is 1.38 bits per heavy atom. The lowest BCUT2D eigenvalue weighted by atomic mass is 10.1. The topological polar surface area (TPSA) is 54.3 Å². The molecule has 3 heterocycles. The van der Waals surface area contributed by atoms with Crippen molar-refractivity contribution in [1.82, 2.24) is 24.6 Å². The van der Waals surface area contributed by atoms with Crippen molar-refractivity contribution in [2.75, 3.05) is 25.9 Å². The van der Waals surface area contributed by atoms with Crippen LogP contribution in [0.5, 0.6) is 0 Å². The van der Waals surface area contributed by atoms with Crippen molar-refractivity contribution in [2.24, 2.45) is 0 Å². The maximum Gasteiger partial charge on any atom is 0.223 e. The Morgan fingerprint density at radius 2 is 2.14 bits per heavy atom. The molecule has 1 atom stereocenters. The molecule has 0 N–H and O–H groups in total. The maximum atomic E-state index is 12.1. The highest BCUT2D eigenvalue weighted by molar-refractivity contribution is 7.99. The van der Waals surface area contributed by atoms with E-state index in [9.17, 15) is 4.79 Å². The first-order valence-corrected chi connectivity index (χ1v) is 8.80. The van der Waals surface area contributed by atoms with Crippen LogP contribution < -0.4 is 0 Å². The van der Waals surface area contributed by atoms with Crippen LogP contribution in [0.1, 0.15) is 25.0 Å². The van der Waals surface area contributed by atoms with E-state index < -0.39 is 0 Å². The summed E-state index contributed by atoms with van der Waals surface area (Å²) in [7, 11) is 0. The molecular weight excluding hydrogens is 286 g/mol. The van der Waals surface area contributed by atoms with Crippen LogP contribution in [0.3, 0.4) is 0 Å². The molecule has 0 aromatic carbocycles. The van der Waals surface area contributed by atoms with Gasteiger partial charge in [-0.25, -0.2) is 0 Å². The first-order valence-electron chi connectivity index (χ1n) is 7.51. The fourth-order valence-corrected chi connectivity index (χ4v) is 3.29. The van der Waals surface area contributed by atoms with Crippen LogP contribution in [0.25, 0.3) is 0 Å². The number of thioether (sulfide) groups is 1. The van der Waals surface area contributed by atoms with E-state index in [1.54, 1.807) is 11.8 Å². The molecule has 3 rings (SSSR count). The number of hydrogen-bond acceptors (Lipinski definition) is 5. The molecule has 21 heavy (non-hydrogen) atoms. The highest BCUT2D eigenvalue weighted by Gasteiger charge is 2.36. The lowest BCUT2D eigenvalue weighted by molar-refractivity contribution is -0.139. The molecule has 1 aromatic heterocycles. The van der Waals surface area contributed by atoms with Gasteiger partial charge in [0.25, 0.3) is 0 Å². The minimum Gasteiger partial charge on any atom is -0.339 e. The van der Waals surface area contributed by atoms with Gasteiger partial charge in [0.15, 0.2) is 0 Å². The van der Waals surface area contributed by atoms with Crippen LogP contribution in [0.2, 0.25) is 0 Å². The van der Waals surface area contributed by atoms with Crippen LogP contribution in [0.4, 0.5) is 0 Å². The Kier molecular flexibility index (Phi) is 4.21. The number of hydrogen-bond donors (Lipinski definition) is 0. The third-order valence-electron chi connectivity index (χ3n) is 4.56. The monoisotopic (exact) mass is 309 g/mol. The maximum absolute atomic E-state index is 12.1. The molecule has 1 saturated heterocycles. The zero-order valence-corrected chi connectivity index (χ0v) is 13.8. The number of amides is 1. The number of likely N-dealkylation sites (tertiary alicyclic amines) is 1. The van der Waals surface area contributed by atoms with Crippen LogP contribution in [0.15, 0.2) is 0 Å². The second-order valence-corrected chi connectivity index (χ2v) is 7.26. The molecule has 6 nitrogen and oxygen atoms in total. The Balaban J connectivity index is 1.50. The summed E-state index contributed by atoms with van der Waals surface area (Å²) in [4.78, 5) is 16.5. The molecule has 0 aliphatic carbocycles. The minimum absolute atomic E-state index is 0.295. The fraction of sp³-hybridized carbons (Fsp3) is 0.786.